The quantitative estimate of drug-likeness (QED) is 0.635. The number of nitrogens with zero attached hydrogens (tertiary/aromatic N) is 1. The Morgan fingerprint density at radius 1 is 1.10 bits per heavy atom. The molecule has 0 aliphatic carbocycles. The highest BCUT2D eigenvalue weighted by molar-refractivity contribution is 6.58. The molecule has 1 aromatic rings. The summed E-state index contributed by atoms with van der Waals surface area (Å²) in [5.74, 6) is -1.34. The molecule has 1 heterocycles. The number of benzene rings is 1. The van der Waals surface area contributed by atoms with Crippen molar-refractivity contribution in [3.05, 3.63) is 29.8 Å². The lowest BCUT2D eigenvalue weighted by atomic mass is 9.80. The fourth-order valence-electron chi connectivity index (χ4n) is 2.31. The van der Waals surface area contributed by atoms with Crippen molar-refractivity contribution >= 4 is 24.5 Å². The molecule has 0 saturated carbocycles. The number of rotatable bonds is 3. The third-order valence-corrected chi connectivity index (χ3v) is 3.59. The highest BCUT2D eigenvalue weighted by Crippen LogP contribution is 2.19. The number of carbonyl (C=O) groups is 2. The highest BCUT2D eigenvalue weighted by Gasteiger charge is 2.27. The summed E-state index contributed by atoms with van der Waals surface area (Å²) in [7, 11) is -1.55. The van der Waals surface area contributed by atoms with Gasteiger partial charge in [0.2, 0.25) is 0 Å². The molecule has 0 aromatic heterocycles. The Hall–Kier alpha value is -1.86. The number of aliphatic carboxylic acids is 1. The molecule has 20 heavy (non-hydrogen) atoms. The first-order chi connectivity index (χ1) is 9.49. The molecule has 7 heteroatoms. The third-order valence-electron chi connectivity index (χ3n) is 3.59. The molecule has 3 N–H and O–H groups in total. The summed E-state index contributed by atoms with van der Waals surface area (Å²) in [5, 5.41) is 26.9. The maximum atomic E-state index is 12.2. The van der Waals surface area contributed by atoms with Gasteiger partial charge in [0.25, 0.3) is 5.91 Å². The van der Waals surface area contributed by atoms with Gasteiger partial charge in [0.05, 0.1) is 5.92 Å². The Labute approximate surface area is 116 Å². The molecular formula is C13H16BNO5. The van der Waals surface area contributed by atoms with Crippen LogP contribution >= 0.6 is 0 Å². The van der Waals surface area contributed by atoms with Crippen molar-refractivity contribution in [2.75, 3.05) is 13.1 Å². The van der Waals surface area contributed by atoms with E-state index in [0.717, 1.165) is 0 Å². The number of hydrogen-bond acceptors (Lipinski definition) is 4. The number of likely N-dealkylation sites (tertiary alicyclic amines) is 1. The van der Waals surface area contributed by atoms with Crippen LogP contribution in [0.2, 0.25) is 0 Å². The maximum Gasteiger partial charge on any atom is 0.488 e. The van der Waals surface area contributed by atoms with Crippen LogP contribution in [0, 0.1) is 5.92 Å². The molecule has 1 amide bonds. The van der Waals surface area contributed by atoms with Gasteiger partial charge in [-0.15, -0.1) is 0 Å². The predicted molar refractivity (Wildman–Crippen MR) is 72.5 cm³/mol. The van der Waals surface area contributed by atoms with Gasteiger partial charge in [-0.1, -0.05) is 12.1 Å². The molecule has 1 fully saturated rings. The largest absolute Gasteiger partial charge is 0.488 e. The molecular weight excluding hydrogens is 261 g/mol. The summed E-state index contributed by atoms with van der Waals surface area (Å²) >= 11 is 0. The molecule has 0 atom stereocenters. The van der Waals surface area contributed by atoms with Crippen LogP contribution < -0.4 is 5.46 Å². The number of piperidine rings is 1. The highest BCUT2D eigenvalue weighted by atomic mass is 16.4. The van der Waals surface area contributed by atoms with Gasteiger partial charge in [0.15, 0.2) is 0 Å². The molecule has 1 aliphatic rings. The Balaban J connectivity index is 2.00. The van der Waals surface area contributed by atoms with Gasteiger partial charge in [-0.2, -0.15) is 0 Å². The first-order valence-electron chi connectivity index (χ1n) is 6.47. The first kappa shape index (κ1) is 14.6. The van der Waals surface area contributed by atoms with Crippen molar-refractivity contribution in [3.63, 3.8) is 0 Å². The summed E-state index contributed by atoms with van der Waals surface area (Å²) < 4.78 is 0. The van der Waals surface area contributed by atoms with Gasteiger partial charge in [-0.3, -0.25) is 9.59 Å². The van der Waals surface area contributed by atoms with E-state index in [4.69, 9.17) is 15.2 Å². The average molecular weight is 277 g/mol. The molecule has 0 unspecified atom stereocenters. The summed E-state index contributed by atoms with van der Waals surface area (Å²) in [4.78, 5) is 24.7. The van der Waals surface area contributed by atoms with Crippen molar-refractivity contribution in [1.29, 1.82) is 0 Å². The second-order valence-corrected chi connectivity index (χ2v) is 4.90. The van der Waals surface area contributed by atoms with Crippen LogP contribution in [0.4, 0.5) is 0 Å². The Bertz CT molecular complexity index is 494. The van der Waals surface area contributed by atoms with E-state index in [1.165, 1.54) is 12.1 Å². The Morgan fingerprint density at radius 3 is 2.10 bits per heavy atom. The fraction of sp³-hybridized carbons (Fsp3) is 0.385. The smallest absolute Gasteiger partial charge is 0.481 e. The van der Waals surface area contributed by atoms with E-state index in [0.29, 0.717) is 37.0 Å². The summed E-state index contributed by atoms with van der Waals surface area (Å²) in [6, 6.07) is 6.06. The maximum absolute atomic E-state index is 12.2. The number of carbonyl (C=O) groups excluding carboxylic acids is 1. The minimum atomic E-state index is -1.55. The topological polar surface area (TPSA) is 98.1 Å². The van der Waals surface area contributed by atoms with E-state index < -0.39 is 13.1 Å². The summed E-state index contributed by atoms with van der Waals surface area (Å²) in [5.41, 5.74) is 0.786. The van der Waals surface area contributed by atoms with Gasteiger partial charge in [0.1, 0.15) is 0 Å². The Kier molecular flexibility index (Phi) is 4.41. The van der Waals surface area contributed by atoms with Gasteiger partial charge in [0, 0.05) is 18.7 Å². The fourth-order valence-corrected chi connectivity index (χ4v) is 2.31. The molecule has 1 saturated heterocycles. The molecule has 2 rings (SSSR count). The van der Waals surface area contributed by atoms with Crippen LogP contribution in [0.25, 0.3) is 0 Å². The van der Waals surface area contributed by atoms with Gasteiger partial charge in [-0.05, 0) is 30.4 Å². The normalized spacial score (nSPS) is 16.0. The van der Waals surface area contributed by atoms with Crippen LogP contribution in [-0.2, 0) is 4.79 Å². The molecule has 0 spiro atoms. The zero-order valence-corrected chi connectivity index (χ0v) is 10.9. The third kappa shape index (κ3) is 3.18. The average Bonchev–Trinajstić information content (AvgIpc) is 2.46. The number of hydrogen-bond donors (Lipinski definition) is 3. The van der Waals surface area contributed by atoms with Crippen molar-refractivity contribution in [2.45, 2.75) is 12.8 Å². The lowest BCUT2D eigenvalue weighted by Gasteiger charge is -2.30. The lowest BCUT2D eigenvalue weighted by Crippen LogP contribution is -2.40. The zero-order valence-electron chi connectivity index (χ0n) is 10.9. The minimum absolute atomic E-state index is 0.159. The SMILES string of the molecule is O=C(O)C1CCN(C(=O)c2ccc(B(O)O)cc2)CC1. The standard InChI is InChI=1S/C13H16BNO5/c16-12(9-1-3-11(4-2-9)14(19)20)15-7-5-10(6-8-15)13(17)18/h1-4,10,19-20H,5-8H2,(H,17,18). The molecule has 1 aliphatic heterocycles. The van der Waals surface area contributed by atoms with Crippen molar-refractivity contribution in [3.8, 4) is 0 Å². The first-order valence-corrected chi connectivity index (χ1v) is 6.47. The van der Waals surface area contributed by atoms with E-state index in [9.17, 15) is 9.59 Å². The monoisotopic (exact) mass is 277 g/mol. The van der Waals surface area contributed by atoms with Crippen LogP contribution in [-0.4, -0.2) is 52.1 Å². The van der Waals surface area contributed by atoms with E-state index >= 15 is 0 Å². The number of carboxylic acid groups (broad SMARTS) is 1. The van der Waals surface area contributed by atoms with Crippen LogP contribution in [0.3, 0.4) is 0 Å². The van der Waals surface area contributed by atoms with Crippen LogP contribution in [0.1, 0.15) is 23.2 Å². The summed E-state index contributed by atoms with van der Waals surface area (Å²) in [6.45, 7) is 0.861. The lowest BCUT2D eigenvalue weighted by molar-refractivity contribution is -0.143. The minimum Gasteiger partial charge on any atom is -0.481 e. The van der Waals surface area contributed by atoms with E-state index in [-0.39, 0.29) is 11.8 Å². The van der Waals surface area contributed by atoms with Crippen LogP contribution in [0.15, 0.2) is 24.3 Å². The van der Waals surface area contributed by atoms with Crippen molar-refractivity contribution in [2.24, 2.45) is 5.92 Å². The van der Waals surface area contributed by atoms with Crippen molar-refractivity contribution in [1.82, 2.24) is 4.90 Å². The van der Waals surface area contributed by atoms with Gasteiger partial charge < -0.3 is 20.1 Å². The molecule has 6 nitrogen and oxygen atoms in total. The van der Waals surface area contributed by atoms with E-state index in [1.54, 1.807) is 17.0 Å². The Morgan fingerprint density at radius 2 is 1.65 bits per heavy atom. The van der Waals surface area contributed by atoms with Crippen molar-refractivity contribution < 1.29 is 24.7 Å². The van der Waals surface area contributed by atoms with Gasteiger partial charge in [-0.25, -0.2) is 0 Å². The second-order valence-electron chi connectivity index (χ2n) is 4.90. The van der Waals surface area contributed by atoms with E-state index in [1.807, 2.05) is 0 Å². The van der Waals surface area contributed by atoms with Crippen LogP contribution in [0.5, 0.6) is 0 Å². The zero-order chi connectivity index (χ0) is 14.7. The van der Waals surface area contributed by atoms with E-state index in [2.05, 4.69) is 0 Å². The molecule has 0 bridgehead atoms. The second kappa shape index (κ2) is 6.07. The number of amides is 1. The molecule has 106 valence electrons. The van der Waals surface area contributed by atoms with Gasteiger partial charge >= 0.3 is 13.1 Å². The predicted octanol–water partition coefficient (Wildman–Crippen LogP) is -0.697. The number of carboxylic acids is 1. The molecule has 1 aromatic carbocycles. The summed E-state index contributed by atoms with van der Waals surface area (Å²) in [6.07, 6.45) is 0.934. The molecule has 0 radical (unpaired) electrons.